The van der Waals surface area contributed by atoms with Gasteiger partial charge in [0, 0.05) is 23.9 Å². The highest BCUT2D eigenvalue weighted by Gasteiger charge is 2.21. The molecule has 3 aromatic rings. The van der Waals surface area contributed by atoms with Crippen molar-refractivity contribution in [2.75, 3.05) is 25.0 Å². The van der Waals surface area contributed by atoms with E-state index >= 15 is 0 Å². The van der Waals surface area contributed by atoms with E-state index in [9.17, 15) is 9.18 Å². The molecule has 0 aliphatic heterocycles. The molecule has 29 heavy (non-hydrogen) atoms. The molecule has 1 aromatic heterocycles. The van der Waals surface area contributed by atoms with Crippen molar-refractivity contribution in [3.63, 3.8) is 0 Å². The maximum atomic E-state index is 13.2. The number of nitriles is 1. The Labute approximate surface area is 173 Å². The van der Waals surface area contributed by atoms with Crippen LogP contribution in [0.25, 0.3) is 11.3 Å². The molecule has 7 heteroatoms. The second-order valence-electron chi connectivity index (χ2n) is 6.63. The second kappa shape index (κ2) is 9.92. The Hall–Kier alpha value is -3.08. The zero-order valence-corrected chi connectivity index (χ0v) is 16.9. The molecule has 3 rings (SSSR count). The topological polar surface area (TPSA) is 60.2 Å². The lowest BCUT2D eigenvalue weighted by Gasteiger charge is -2.23. The van der Waals surface area contributed by atoms with Gasteiger partial charge < -0.3 is 0 Å². The fraction of sp³-hybridized carbons (Fsp3) is 0.227. The van der Waals surface area contributed by atoms with E-state index in [4.69, 9.17) is 5.26 Å². The van der Waals surface area contributed by atoms with Crippen molar-refractivity contribution >= 4 is 22.4 Å². The van der Waals surface area contributed by atoms with E-state index in [0.29, 0.717) is 30.3 Å². The highest BCUT2D eigenvalue weighted by Crippen LogP contribution is 2.29. The number of aromatic nitrogens is 1. The van der Waals surface area contributed by atoms with Gasteiger partial charge in [-0.15, -0.1) is 11.3 Å². The summed E-state index contributed by atoms with van der Waals surface area (Å²) in [4.78, 5) is 21.2. The average Bonchev–Trinajstić information content (AvgIpc) is 3.21. The number of anilines is 1. The van der Waals surface area contributed by atoms with Crippen LogP contribution in [0.4, 0.5) is 9.52 Å². The summed E-state index contributed by atoms with van der Waals surface area (Å²) < 4.78 is 13.2. The molecular weight excluding hydrogens is 387 g/mol. The Morgan fingerprint density at radius 3 is 2.59 bits per heavy atom. The summed E-state index contributed by atoms with van der Waals surface area (Å²) in [7, 11) is 1.82. The molecule has 0 unspecified atom stereocenters. The van der Waals surface area contributed by atoms with Crippen LogP contribution in [0.15, 0.2) is 60.0 Å². The third-order valence-corrected chi connectivity index (χ3v) is 5.22. The monoisotopic (exact) mass is 408 g/mol. The van der Waals surface area contributed by atoms with Gasteiger partial charge in [-0.25, -0.2) is 9.37 Å². The molecule has 0 fully saturated rings. The first kappa shape index (κ1) is 20.6. The predicted molar refractivity (Wildman–Crippen MR) is 113 cm³/mol. The Kier molecular flexibility index (Phi) is 7.06. The van der Waals surface area contributed by atoms with E-state index < -0.39 is 0 Å². The van der Waals surface area contributed by atoms with Gasteiger partial charge in [0.1, 0.15) is 5.82 Å². The maximum absolute atomic E-state index is 13.2. The van der Waals surface area contributed by atoms with E-state index in [2.05, 4.69) is 11.1 Å². The lowest BCUT2D eigenvalue weighted by Crippen LogP contribution is -2.39. The molecule has 5 nitrogen and oxygen atoms in total. The minimum Gasteiger partial charge on any atom is -0.297 e. The Bertz CT molecular complexity index is 982. The Morgan fingerprint density at radius 2 is 1.90 bits per heavy atom. The van der Waals surface area contributed by atoms with E-state index in [1.54, 1.807) is 17.0 Å². The van der Waals surface area contributed by atoms with E-state index in [1.807, 2.05) is 47.7 Å². The molecule has 1 amide bonds. The first-order chi connectivity index (χ1) is 14.1. The van der Waals surface area contributed by atoms with Gasteiger partial charge in [0.15, 0.2) is 5.13 Å². The van der Waals surface area contributed by atoms with Crippen LogP contribution in [0.1, 0.15) is 12.0 Å². The Balaban J connectivity index is 1.83. The van der Waals surface area contributed by atoms with Crippen LogP contribution in [0, 0.1) is 17.1 Å². The van der Waals surface area contributed by atoms with Gasteiger partial charge in [0.2, 0.25) is 5.91 Å². The molecule has 1 heterocycles. The predicted octanol–water partition coefficient (Wildman–Crippen LogP) is 4.33. The van der Waals surface area contributed by atoms with Gasteiger partial charge in [-0.2, -0.15) is 5.26 Å². The van der Waals surface area contributed by atoms with Crippen LogP contribution >= 0.6 is 11.3 Å². The van der Waals surface area contributed by atoms with Gasteiger partial charge in [-0.1, -0.05) is 30.3 Å². The molecule has 0 saturated carbocycles. The van der Waals surface area contributed by atoms with Gasteiger partial charge in [-0.3, -0.25) is 14.6 Å². The van der Waals surface area contributed by atoms with Gasteiger partial charge in [0.05, 0.1) is 24.9 Å². The molecule has 0 bridgehead atoms. The number of carbonyl (C=O) groups excluding carboxylic acids is 1. The molecule has 0 saturated heterocycles. The lowest BCUT2D eigenvalue weighted by molar-refractivity contribution is -0.119. The van der Waals surface area contributed by atoms with Crippen molar-refractivity contribution in [1.29, 1.82) is 5.26 Å². The third kappa shape index (κ3) is 5.70. The Morgan fingerprint density at radius 1 is 1.17 bits per heavy atom. The number of hydrogen-bond donors (Lipinski definition) is 0. The summed E-state index contributed by atoms with van der Waals surface area (Å²) in [5.41, 5.74) is 2.50. The second-order valence-corrected chi connectivity index (χ2v) is 7.47. The number of amides is 1. The summed E-state index contributed by atoms with van der Waals surface area (Å²) in [6.45, 7) is 1.13. The first-order valence-corrected chi connectivity index (χ1v) is 10.1. The number of likely N-dealkylation sites (N-methyl/N-ethyl adjacent to an activating group) is 1. The fourth-order valence-corrected chi connectivity index (χ4v) is 3.66. The van der Waals surface area contributed by atoms with Gasteiger partial charge >= 0.3 is 0 Å². The minimum absolute atomic E-state index is 0.0886. The molecule has 2 aromatic carbocycles. The number of hydrogen-bond acceptors (Lipinski definition) is 5. The molecule has 0 radical (unpaired) electrons. The van der Waals surface area contributed by atoms with Crippen LogP contribution in [0.2, 0.25) is 0 Å². The van der Waals surface area contributed by atoms with Crippen molar-refractivity contribution in [3.05, 3.63) is 71.4 Å². The SMILES string of the molecule is CN(CCC#N)CC(=O)N(Cc1ccccc1)c1nc(-c2ccc(F)cc2)cs1. The zero-order chi connectivity index (χ0) is 20.6. The minimum atomic E-state index is -0.300. The van der Waals surface area contributed by atoms with Gasteiger partial charge in [0.25, 0.3) is 0 Å². The zero-order valence-electron chi connectivity index (χ0n) is 16.1. The third-order valence-electron chi connectivity index (χ3n) is 4.36. The summed E-state index contributed by atoms with van der Waals surface area (Å²) in [5, 5.41) is 11.2. The molecular formula is C22H21FN4OS. The molecule has 0 aliphatic carbocycles. The van der Waals surface area contributed by atoms with Crippen LogP contribution < -0.4 is 4.90 Å². The summed E-state index contributed by atoms with van der Waals surface area (Å²) in [6.07, 6.45) is 0.369. The van der Waals surface area contributed by atoms with Crippen LogP contribution in [-0.4, -0.2) is 35.9 Å². The highest BCUT2D eigenvalue weighted by molar-refractivity contribution is 7.14. The average molecular weight is 409 g/mol. The van der Waals surface area contributed by atoms with E-state index in [1.165, 1.54) is 23.5 Å². The number of benzene rings is 2. The molecule has 0 atom stereocenters. The number of rotatable bonds is 8. The van der Waals surface area contributed by atoms with Crippen molar-refractivity contribution in [2.45, 2.75) is 13.0 Å². The standard InChI is InChI=1S/C22H21FN4OS/c1-26(13-5-12-24)15-21(28)27(14-17-6-3-2-4-7-17)22-25-20(16-29-22)18-8-10-19(23)11-9-18/h2-4,6-11,16H,5,13-15H2,1H3. The smallest absolute Gasteiger partial charge is 0.243 e. The van der Waals surface area contributed by atoms with Gasteiger partial charge in [-0.05, 0) is 36.9 Å². The number of nitrogens with zero attached hydrogens (tertiary/aromatic N) is 4. The number of carbonyl (C=O) groups is 1. The van der Waals surface area contributed by atoms with Crippen LogP contribution in [-0.2, 0) is 11.3 Å². The first-order valence-electron chi connectivity index (χ1n) is 9.18. The molecule has 0 N–H and O–H groups in total. The maximum Gasteiger partial charge on any atom is 0.243 e. The number of halogens is 1. The fourth-order valence-electron chi connectivity index (χ4n) is 2.81. The molecule has 148 valence electrons. The van der Waals surface area contributed by atoms with E-state index in [-0.39, 0.29) is 18.3 Å². The highest BCUT2D eigenvalue weighted by atomic mass is 32.1. The molecule has 0 aliphatic rings. The van der Waals surface area contributed by atoms with Crippen LogP contribution in [0.3, 0.4) is 0 Å². The van der Waals surface area contributed by atoms with Crippen molar-refractivity contribution in [1.82, 2.24) is 9.88 Å². The normalized spacial score (nSPS) is 10.7. The lowest BCUT2D eigenvalue weighted by atomic mass is 10.2. The van der Waals surface area contributed by atoms with E-state index in [0.717, 1.165) is 11.1 Å². The summed E-state index contributed by atoms with van der Waals surface area (Å²) in [5.74, 6) is -0.389. The quantitative estimate of drug-likeness (QED) is 0.557. The van der Waals surface area contributed by atoms with Crippen LogP contribution in [0.5, 0.6) is 0 Å². The summed E-state index contributed by atoms with van der Waals surface area (Å²) >= 11 is 1.38. The molecule has 0 spiro atoms. The number of thiazole rings is 1. The van der Waals surface area contributed by atoms with Crippen molar-refractivity contribution < 1.29 is 9.18 Å². The van der Waals surface area contributed by atoms with Crippen molar-refractivity contribution in [3.8, 4) is 17.3 Å². The largest absolute Gasteiger partial charge is 0.297 e. The summed E-state index contributed by atoms with van der Waals surface area (Å²) in [6, 6.07) is 18.0. The van der Waals surface area contributed by atoms with Crippen molar-refractivity contribution in [2.24, 2.45) is 0 Å².